The molecule has 18 heavy (non-hydrogen) atoms. The lowest BCUT2D eigenvalue weighted by molar-refractivity contribution is 0.0952. The zero-order valence-corrected chi connectivity index (χ0v) is 9.60. The first-order valence-electron chi connectivity index (χ1n) is 5.67. The summed E-state index contributed by atoms with van der Waals surface area (Å²) < 4.78 is 0. The van der Waals surface area contributed by atoms with E-state index >= 15 is 0 Å². The third-order valence-electron chi connectivity index (χ3n) is 2.84. The van der Waals surface area contributed by atoms with Crippen LogP contribution in [0.3, 0.4) is 0 Å². The van der Waals surface area contributed by atoms with Gasteiger partial charge in [0.2, 0.25) is 0 Å². The van der Waals surface area contributed by atoms with Crippen LogP contribution in [-0.2, 0) is 6.54 Å². The number of carbonyl (C=O) groups is 1. The molecule has 1 amide bonds. The topological polar surface area (TPSA) is 73.6 Å². The Morgan fingerprint density at radius 2 is 2.22 bits per heavy atom. The lowest BCUT2D eigenvalue weighted by Gasteiger charge is -2.04. The van der Waals surface area contributed by atoms with Crippen LogP contribution < -0.4 is 5.32 Å². The van der Waals surface area contributed by atoms with Crippen LogP contribution in [0.25, 0.3) is 10.9 Å². The molecule has 0 saturated heterocycles. The summed E-state index contributed by atoms with van der Waals surface area (Å²) in [5.41, 5.74) is 2.52. The molecular formula is C13H12N4O. The van der Waals surface area contributed by atoms with E-state index in [1.165, 1.54) is 0 Å². The van der Waals surface area contributed by atoms with E-state index in [-0.39, 0.29) is 5.91 Å². The maximum atomic E-state index is 12.1. The number of benzene rings is 1. The van der Waals surface area contributed by atoms with Crippen molar-refractivity contribution in [3.05, 3.63) is 54.0 Å². The molecule has 3 aromatic rings. The zero-order chi connectivity index (χ0) is 12.4. The van der Waals surface area contributed by atoms with Gasteiger partial charge in [-0.25, -0.2) is 0 Å². The fourth-order valence-electron chi connectivity index (χ4n) is 1.94. The van der Waals surface area contributed by atoms with Gasteiger partial charge in [-0.1, -0.05) is 6.07 Å². The minimum Gasteiger partial charge on any atom is -0.361 e. The largest absolute Gasteiger partial charge is 0.361 e. The van der Waals surface area contributed by atoms with Gasteiger partial charge < -0.3 is 10.3 Å². The van der Waals surface area contributed by atoms with Crippen LogP contribution in [0.2, 0.25) is 0 Å². The van der Waals surface area contributed by atoms with Gasteiger partial charge in [-0.05, 0) is 24.3 Å². The van der Waals surface area contributed by atoms with Crippen molar-refractivity contribution in [1.82, 2.24) is 20.5 Å². The van der Waals surface area contributed by atoms with Crippen molar-refractivity contribution in [2.24, 2.45) is 0 Å². The van der Waals surface area contributed by atoms with Gasteiger partial charge in [0.1, 0.15) is 0 Å². The summed E-state index contributed by atoms with van der Waals surface area (Å²) in [7, 11) is 0. The van der Waals surface area contributed by atoms with Crippen LogP contribution in [0.1, 0.15) is 16.1 Å². The Labute approximate surface area is 103 Å². The van der Waals surface area contributed by atoms with E-state index < -0.39 is 0 Å². The minimum atomic E-state index is -0.0881. The standard InChI is InChI=1S/C13H12N4O/c18-13(15-8-9-4-7-16-17-9)11-2-1-3-12-10(11)5-6-14-12/h1-7,14H,8H2,(H,15,18)(H,16,17). The van der Waals surface area contributed by atoms with Gasteiger partial charge in [-0.15, -0.1) is 0 Å². The fraction of sp³-hybridized carbons (Fsp3) is 0.0769. The van der Waals surface area contributed by atoms with Gasteiger partial charge in [-0.2, -0.15) is 5.10 Å². The number of aromatic nitrogens is 3. The number of amides is 1. The molecule has 3 rings (SSSR count). The predicted molar refractivity (Wildman–Crippen MR) is 68.1 cm³/mol. The van der Waals surface area contributed by atoms with Gasteiger partial charge in [-0.3, -0.25) is 9.89 Å². The molecule has 5 heteroatoms. The van der Waals surface area contributed by atoms with E-state index in [2.05, 4.69) is 20.5 Å². The van der Waals surface area contributed by atoms with Gasteiger partial charge in [0.15, 0.2) is 0 Å². The second-order valence-corrected chi connectivity index (χ2v) is 4.01. The highest BCUT2D eigenvalue weighted by molar-refractivity contribution is 6.06. The van der Waals surface area contributed by atoms with E-state index in [0.717, 1.165) is 16.6 Å². The summed E-state index contributed by atoms with van der Waals surface area (Å²) in [5, 5.41) is 10.4. The first-order chi connectivity index (χ1) is 8.84. The van der Waals surface area contributed by atoms with Crippen LogP contribution in [0.15, 0.2) is 42.7 Å². The number of aromatic amines is 2. The highest BCUT2D eigenvalue weighted by Crippen LogP contribution is 2.17. The van der Waals surface area contributed by atoms with E-state index in [1.54, 1.807) is 6.20 Å². The van der Waals surface area contributed by atoms with Crippen molar-refractivity contribution in [3.8, 4) is 0 Å². The maximum absolute atomic E-state index is 12.1. The van der Waals surface area contributed by atoms with Crippen molar-refractivity contribution >= 4 is 16.8 Å². The number of nitrogens with zero attached hydrogens (tertiary/aromatic N) is 1. The highest BCUT2D eigenvalue weighted by Gasteiger charge is 2.09. The van der Waals surface area contributed by atoms with E-state index in [0.29, 0.717) is 12.1 Å². The number of hydrogen-bond acceptors (Lipinski definition) is 2. The Hall–Kier alpha value is -2.56. The number of H-pyrrole nitrogens is 2. The molecule has 0 fully saturated rings. The smallest absolute Gasteiger partial charge is 0.252 e. The maximum Gasteiger partial charge on any atom is 0.252 e. The molecule has 2 aromatic heterocycles. The molecule has 0 bridgehead atoms. The van der Waals surface area contributed by atoms with E-state index in [4.69, 9.17) is 0 Å². The minimum absolute atomic E-state index is 0.0881. The van der Waals surface area contributed by atoms with Crippen LogP contribution in [0.5, 0.6) is 0 Å². The number of rotatable bonds is 3. The Morgan fingerprint density at radius 1 is 1.28 bits per heavy atom. The van der Waals surface area contributed by atoms with E-state index in [9.17, 15) is 4.79 Å². The number of nitrogens with one attached hydrogen (secondary N) is 3. The third-order valence-corrected chi connectivity index (χ3v) is 2.84. The van der Waals surface area contributed by atoms with Crippen LogP contribution in [0.4, 0.5) is 0 Å². The first-order valence-corrected chi connectivity index (χ1v) is 5.67. The summed E-state index contributed by atoms with van der Waals surface area (Å²) in [6.07, 6.45) is 3.49. The molecule has 0 atom stereocenters. The number of fused-ring (bicyclic) bond motifs is 1. The highest BCUT2D eigenvalue weighted by atomic mass is 16.1. The Kier molecular flexibility index (Phi) is 2.57. The monoisotopic (exact) mass is 240 g/mol. The van der Waals surface area contributed by atoms with E-state index in [1.807, 2.05) is 36.5 Å². The summed E-state index contributed by atoms with van der Waals surface area (Å²) in [6, 6.07) is 9.36. The molecule has 1 aromatic carbocycles. The molecule has 0 unspecified atom stereocenters. The predicted octanol–water partition coefficient (Wildman–Crippen LogP) is 1.82. The van der Waals surface area contributed by atoms with Crippen molar-refractivity contribution in [3.63, 3.8) is 0 Å². The normalized spacial score (nSPS) is 10.7. The van der Waals surface area contributed by atoms with Gasteiger partial charge >= 0.3 is 0 Å². The summed E-state index contributed by atoms with van der Waals surface area (Å²) in [4.78, 5) is 15.2. The number of carbonyl (C=O) groups excluding carboxylic acids is 1. The molecule has 2 heterocycles. The van der Waals surface area contributed by atoms with Gasteiger partial charge in [0, 0.05) is 28.9 Å². The molecule has 0 radical (unpaired) electrons. The lowest BCUT2D eigenvalue weighted by Crippen LogP contribution is -2.23. The molecule has 0 aliphatic carbocycles. The lowest BCUT2D eigenvalue weighted by atomic mass is 10.1. The van der Waals surface area contributed by atoms with Crippen LogP contribution >= 0.6 is 0 Å². The van der Waals surface area contributed by atoms with Crippen molar-refractivity contribution < 1.29 is 4.79 Å². The van der Waals surface area contributed by atoms with Crippen molar-refractivity contribution in [2.45, 2.75) is 6.54 Å². The average molecular weight is 240 g/mol. The summed E-state index contributed by atoms with van der Waals surface area (Å²) in [6.45, 7) is 0.444. The molecule has 5 nitrogen and oxygen atoms in total. The molecule has 0 aliphatic heterocycles. The van der Waals surface area contributed by atoms with Crippen molar-refractivity contribution in [1.29, 1.82) is 0 Å². The second-order valence-electron chi connectivity index (χ2n) is 4.01. The average Bonchev–Trinajstić information content (AvgIpc) is 3.05. The Balaban J connectivity index is 1.81. The molecule has 0 spiro atoms. The van der Waals surface area contributed by atoms with Gasteiger partial charge in [0.25, 0.3) is 5.91 Å². The molecule has 90 valence electrons. The van der Waals surface area contributed by atoms with Gasteiger partial charge in [0.05, 0.1) is 12.2 Å². The fourth-order valence-corrected chi connectivity index (χ4v) is 1.94. The quantitative estimate of drug-likeness (QED) is 0.653. The molecule has 3 N–H and O–H groups in total. The first kappa shape index (κ1) is 10.6. The molecule has 0 saturated carbocycles. The van der Waals surface area contributed by atoms with Crippen LogP contribution in [-0.4, -0.2) is 21.1 Å². The van der Waals surface area contributed by atoms with Crippen molar-refractivity contribution in [2.75, 3.05) is 0 Å². The number of hydrogen-bond donors (Lipinski definition) is 3. The molecular weight excluding hydrogens is 228 g/mol. The second kappa shape index (κ2) is 4.37. The Morgan fingerprint density at radius 3 is 3.06 bits per heavy atom. The van der Waals surface area contributed by atoms with Crippen LogP contribution in [0, 0.1) is 0 Å². The summed E-state index contributed by atoms with van der Waals surface area (Å²) >= 11 is 0. The third kappa shape index (κ3) is 1.86. The Bertz CT molecular complexity index is 669. The zero-order valence-electron chi connectivity index (χ0n) is 9.60. The summed E-state index contributed by atoms with van der Waals surface area (Å²) in [5.74, 6) is -0.0881. The molecule has 0 aliphatic rings. The SMILES string of the molecule is O=C(NCc1ccn[nH]1)c1cccc2[nH]ccc12.